The van der Waals surface area contributed by atoms with E-state index in [2.05, 4.69) is 161 Å². The monoisotopic (exact) mass is 798 g/mol. The molecule has 0 amide bonds. The third-order valence-corrected chi connectivity index (χ3v) is 12.0. The first-order valence-electron chi connectivity index (χ1n) is 20.9. The van der Waals surface area contributed by atoms with Crippen LogP contribution in [0.25, 0.3) is 122 Å². The van der Waals surface area contributed by atoms with Crippen molar-refractivity contribution in [2.45, 2.75) is 27.7 Å². The highest BCUT2D eigenvalue weighted by atomic mass is 16.3. The van der Waals surface area contributed by atoms with E-state index in [9.17, 15) is 0 Å². The van der Waals surface area contributed by atoms with E-state index in [1.807, 2.05) is 24.3 Å². The first-order chi connectivity index (χ1) is 30.3. The van der Waals surface area contributed by atoms with Gasteiger partial charge in [0.05, 0.1) is 11.2 Å². The fraction of sp³-hybridized carbons (Fsp3) is 0.0714. The molecule has 0 radical (unpaired) electrons. The zero-order valence-electron chi connectivity index (χ0n) is 34.6. The Labute approximate surface area is 357 Å². The summed E-state index contributed by atoms with van der Waals surface area (Å²) >= 11 is 0. The molecule has 6 heteroatoms. The lowest BCUT2D eigenvalue weighted by Crippen LogP contribution is -2.01. The van der Waals surface area contributed by atoms with Gasteiger partial charge >= 0.3 is 0 Å². The van der Waals surface area contributed by atoms with E-state index in [1.165, 1.54) is 0 Å². The van der Waals surface area contributed by atoms with Gasteiger partial charge in [0.25, 0.3) is 0 Å². The molecule has 0 aliphatic rings. The molecular formula is C56H38N4O2. The van der Waals surface area contributed by atoms with Crippen molar-refractivity contribution >= 4 is 65.6 Å². The number of fused-ring (bicyclic) bond motifs is 9. The van der Waals surface area contributed by atoms with Crippen LogP contribution in [0.4, 0.5) is 0 Å². The molecule has 12 aromatic rings. The number of aryl methyl sites for hydroxylation is 4. The van der Waals surface area contributed by atoms with Crippen molar-refractivity contribution in [3.05, 3.63) is 180 Å². The molecule has 0 atom stereocenters. The largest absolute Gasteiger partial charge is 0.456 e. The number of rotatable bonds is 5. The molecule has 62 heavy (non-hydrogen) atoms. The van der Waals surface area contributed by atoms with Crippen LogP contribution in [0, 0.1) is 27.7 Å². The first kappa shape index (κ1) is 35.9. The van der Waals surface area contributed by atoms with E-state index in [-0.39, 0.29) is 0 Å². The van der Waals surface area contributed by atoms with Gasteiger partial charge in [-0.3, -0.25) is 0 Å². The zero-order chi connectivity index (χ0) is 41.6. The van der Waals surface area contributed by atoms with Crippen LogP contribution in [0.2, 0.25) is 0 Å². The molecule has 0 fully saturated rings. The van der Waals surface area contributed by atoms with Crippen molar-refractivity contribution in [3.63, 3.8) is 0 Å². The van der Waals surface area contributed by atoms with Crippen LogP contribution >= 0.6 is 0 Å². The van der Waals surface area contributed by atoms with Crippen LogP contribution in [-0.2, 0) is 0 Å². The molecule has 4 aromatic heterocycles. The zero-order valence-corrected chi connectivity index (χ0v) is 34.6. The second-order valence-electron chi connectivity index (χ2n) is 16.5. The lowest BCUT2D eigenvalue weighted by molar-refractivity contribution is 0.669. The fourth-order valence-corrected chi connectivity index (χ4v) is 9.50. The van der Waals surface area contributed by atoms with Crippen LogP contribution < -0.4 is 0 Å². The maximum Gasteiger partial charge on any atom is 0.164 e. The molecule has 0 N–H and O–H groups in total. The van der Waals surface area contributed by atoms with E-state index in [4.69, 9.17) is 28.8 Å². The Morgan fingerprint density at radius 2 is 0.887 bits per heavy atom. The first-order valence-corrected chi connectivity index (χ1v) is 20.9. The number of benzene rings is 8. The van der Waals surface area contributed by atoms with Crippen molar-refractivity contribution in [3.8, 4) is 56.5 Å². The summed E-state index contributed by atoms with van der Waals surface area (Å²) in [5.74, 6) is 1.89. The maximum atomic E-state index is 6.74. The van der Waals surface area contributed by atoms with Crippen molar-refractivity contribution in [1.29, 1.82) is 0 Å². The number of hydrogen-bond donors (Lipinski definition) is 0. The maximum absolute atomic E-state index is 6.74. The van der Waals surface area contributed by atoms with E-state index < -0.39 is 0 Å². The Kier molecular flexibility index (Phi) is 8.00. The highest BCUT2D eigenvalue weighted by molar-refractivity contribution is 6.29. The molecular weight excluding hydrogens is 761 g/mol. The quantitative estimate of drug-likeness (QED) is 0.161. The third-order valence-electron chi connectivity index (χ3n) is 12.0. The lowest BCUT2D eigenvalue weighted by Gasteiger charge is -2.16. The van der Waals surface area contributed by atoms with Gasteiger partial charge < -0.3 is 8.83 Å². The predicted molar refractivity (Wildman–Crippen MR) is 253 cm³/mol. The van der Waals surface area contributed by atoms with Crippen LogP contribution in [0.15, 0.2) is 167 Å². The summed E-state index contributed by atoms with van der Waals surface area (Å²) in [4.78, 5) is 20.7. The average Bonchev–Trinajstić information content (AvgIpc) is 3.86. The molecule has 0 aliphatic heterocycles. The Bertz CT molecular complexity index is 3690. The normalized spacial score (nSPS) is 11.9. The minimum absolute atomic E-state index is 0.608. The van der Waals surface area contributed by atoms with Crippen LogP contribution in [0.5, 0.6) is 0 Å². The van der Waals surface area contributed by atoms with Crippen molar-refractivity contribution in [2.24, 2.45) is 0 Å². The van der Waals surface area contributed by atoms with Crippen molar-refractivity contribution in [1.82, 2.24) is 19.9 Å². The minimum Gasteiger partial charge on any atom is -0.456 e. The average molecular weight is 799 g/mol. The van der Waals surface area contributed by atoms with Crippen molar-refractivity contribution < 1.29 is 8.83 Å². The Hall–Kier alpha value is -7.96. The van der Waals surface area contributed by atoms with Gasteiger partial charge in [-0.2, -0.15) is 0 Å². The van der Waals surface area contributed by atoms with Gasteiger partial charge in [0.15, 0.2) is 17.5 Å². The van der Waals surface area contributed by atoms with E-state index in [0.29, 0.717) is 17.5 Å². The summed E-state index contributed by atoms with van der Waals surface area (Å²) in [6.45, 7) is 8.42. The lowest BCUT2D eigenvalue weighted by atomic mass is 9.89. The van der Waals surface area contributed by atoms with E-state index in [1.54, 1.807) is 0 Å². The molecule has 0 saturated carbocycles. The summed E-state index contributed by atoms with van der Waals surface area (Å²) in [6.07, 6.45) is 0. The molecule has 12 rings (SSSR count). The number of pyridine rings is 1. The summed E-state index contributed by atoms with van der Waals surface area (Å²) in [5.41, 5.74) is 15.6. The second-order valence-corrected chi connectivity index (χ2v) is 16.5. The summed E-state index contributed by atoms with van der Waals surface area (Å²) < 4.78 is 13.5. The van der Waals surface area contributed by atoms with Gasteiger partial charge in [-0.1, -0.05) is 131 Å². The van der Waals surface area contributed by atoms with Gasteiger partial charge in [0, 0.05) is 71.1 Å². The summed E-state index contributed by atoms with van der Waals surface area (Å²) in [5, 5.41) is 7.40. The summed E-state index contributed by atoms with van der Waals surface area (Å²) in [7, 11) is 0. The minimum atomic E-state index is 0.608. The van der Waals surface area contributed by atoms with Crippen LogP contribution in [-0.4, -0.2) is 19.9 Å². The number of hydrogen-bond acceptors (Lipinski definition) is 6. The summed E-state index contributed by atoms with van der Waals surface area (Å²) in [6, 6.07) is 54.9. The molecule has 0 bridgehead atoms. The molecule has 0 aliphatic carbocycles. The molecule has 294 valence electrons. The van der Waals surface area contributed by atoms with E-state index >= 15 is 0 Å². The van der Waals surface area contributed by atoms with Gasteiger partial charge in [0.2, 0.25) is 0 Å². The molecule has 6 nitrogen and oxygen atoms in total. The molecule has 0 unspecified atom stereocenters. The Balaban J connectivity index is 1.10. The van der Waals surface area contributed by atoms with Crippen molar-refractivity contribution in [2.75, 3.05) is 0 Å². The number of furan rings is 2. The number of nitrogens with zero attached hydrogens (tertiary/aromatic N) is 4. The highest BCUT2D eigenvalue weighted by Gasteiger charge is 2.24. The van der Waals surface area contributed by atoms with Gasteiger partial charge in [-0.15, -0.1) is 0 Å². The predicted octanol–water partition coefficient (Wildman–Crippen LogP) is 14.9. The molecule has 8 aromatic carbocycles. The van der Waals surface area contributed by atoms with E-state index in [0.717, 1.165) is 127 Å². The molecule has 0 saturated heterocycles. The SMILES string of the molecule is Cc1cc(C)cc(-c2nc(-c3ccc(-c4nc5ccccc5c5c(-c6cccc7c6oc6ccccc67)c6c(cc45)oc4ccccc46)cc3)nc(-c3cc(C)cc(C)c3)n2)c1. The van der Waals surface area contributed by atoms with Crippen LogP contribution in [0.3, 0.4) is 0 Å². The smallest absolute Gasteiger partial charge is 0.164 e. The van der Waals surface area contributed by atoms with Gasteiger partial charge in [-0.25, -0.2) is 19.9 Å². The Morgan fingerprint density at radius 3 is 1.55 bits per heavy atom. The van der Waals surface area contributed by atoms with Gasteiger partial charge in [-0.05, 0) is 76.2 Å². The highest BCUT2D eigenvalue weighted by Crippen LogP contribution is 2.48. The van der Waals surface area contributed by atoms with Gasteiger partial charge in [0.1, 0.15) is 22.3 Å². The van der Waals surface area contributed by atoms with Crippen LogP contribution in [0.1, 0.15) is 22.3 Å². The standard InChI is InChI=1S/C56H38N4O2/c1-31-24-32(2)27-37(26-31)55-58-54(59-56(60-55)38-28-33(3)25-34(4)29-38)36-22-20-35(21-23-36)52-44-30-48-50(42-14-7-10-19-47(42)61-48)51(49(44)41-13-5-8-17-45(41)57-52)43-16-11-15-40-39-12-6-9-18-46(39)62-53(40)43/h5-30H,1-4H3. The number of aromatic nitrogens is 4. The second kappa shape index (κ2) is 13.8. The third kappa shape index (κ3) is 5.79. The Morgan fingerprint density at radius 1 is 0.355 bits per heavy atom. The number of para-hydroxylation sites is 4. The molecule has 4 heterocycles. The fourth-order valence-electron chi connectivity index (χ4n) is 9.50. The topological polar surface area (TPSA) is 77.8 Å². The molecule has 0 spiro atoms.